The Morgan fingerprint density at radius 2 is 2.09 bits per heavy atom. The molecule has 0 fully saturated rings. The molecule has 1 heteroatoms. The molecule has 1 nitrogen and oxygen atoms in total. The van der Waals surface area contributed by atoms with Gasteiger partial charge in [-0.1, -0.05) is 12.7 Å². The maximum absolute atomic E-state index is 3.99. The second-order valence-electron chi connectivity index (χ2n) is 2.93. The van der Waals surface area contributed by atoms with E-state index in [-0.39, 0.29) is 0 Å². The summed E-state index contributed by atoms with van der Waals surface area (Å²) in [6.07, 6.45) is 4.30. The highest BCUT2D eigenvalue weighted by Gasteiger charge is 2.08. The average Bonchev–Trinajstić information content (AvgIpc) is 1.96. The first-order valence-corrected chi connectivity index (χ1v) is 3.97. The molecule has 0 radical (unpaired) electrons. The molecule has 0 bridgehead atoms. The lowest BCUT2D eigenvalue weighted by atomic mass is 10.1. The molecule has 0 N–H and O–H groups in total. The van der Waals surface area contributed by atoms with Crippen LogP contribution in [0.2, 0.25) is 0 Å². The highest BCUT2D eigenvalue weighted by atomic mass is 15.1. The Bertz CT molecular complexity index is 233. The molecule has 0 aromatic heterocycles. The van der Waals surface area contributed by atoms with Crippen LogP contribution in [-0.2, 0) is 0 Å². The first kappa shape index (κ1) is 8.12. The van der Waals surface area contributed by atoms with Crippen LogP contribution in [0.15, 0.2) is 35.7 Å². The zero-order valence-corrected chi connectivity index (χ0v) is 7.52. The summed E-state index contributed by atoms with van der Waals surface area (Å²) in [5.41, 5.74) is 3.70. The third-order valence-electron chi connectivity index (χ3n) is 1.95. The van der Waals surface area contributed by atoms with E-state index >= 15 is 0 Å². The SMILES string of the molecule is C=C1C(C)=CC(C)=CN1CC. The van der Waals surface area contributed by atoms with Crippen LogP contribution in [0.25, 0.3) is 0 Å². The molecule has 0 amide bonds. The summed E-state index contributed by atoms with van der Waals surface area (Å²) in [5.74, 6) is 0. The average molecular weight is 149 g/mol. The van der Waals surface area contributed by atoms with Crippen LogP contribution in [0.3, 0.4) is 0 Å². The molecule has 0 unspecified atom stereocenters. The van der Waals surface area contributed by atoms with Crippen LogP contribution in [-0.4, -0.2) is 11.4 Å². The second-order valence-corrected chi connectivity index (χ2v) is 2.93. The fraction of sp³-hybridized carbons (Fsp3) is 0.400. The van der Waals surface area contributed by atoms with Gasteiger partial charge in [0.1, 0.15) is 0 Å². The summed E-state index contributed by atoms with van der Waals surface area (Å²) in [4.78, 5) is 2.17. The van der Waals surface area contributed by atoms with E-state index < -0.39 is 0 Å². The second kappa shape index (κ2) is 2.95. The topological polar surface area (TPSA) is 3.24 Å². The van der Waals surface area contributed by atoms with Crippen molar-refractivity contribution in [3.63, 3.8) is 0 Å². The Balaban J connectivity index is 2.90. The van der Waals surface area contributed by atoms with E-state index in [2.05, 4.69) is 44.5 Å². The van der Waals surface area contributed by atoms with E-state index in [9.17, 15) is 0 Å². The van der Waals surface area contributed by atoms with Gasteiger partial charge in [-0.25, -0.2) is 0 Å². The van der Waals surface area contributed by atoms with Crippen molar-refractivity contribution in [1.29, 1.82) is 0 Å². The molecule has 0 aromatic rings. The lowest BCUT2D eigenvalue weighted by Crippen LogP contribution is -2.18. The van der Waals surface area contributed by atoms with Crippen molar-refractivity contribution in [1.82, 2.24) is 4.90 Å². The third kappa shape index (κ3) is 1.53. The van der Waals surface area contributed by atoms with E-state index in [1.54, 1.807) is 0 Å². The smallest absolute Gasteiger partial charge is 0.0362 e. The minimum Gasteiger partial charge on any atom is -0.348 e. The molecule has 0 atom stereocenters. The molecule has 0 saturated carbocycles. The molecule has 0 spiro atoms. The van der Waals surface area contributed by atoms with Crippen LogP contribution >= 0.6 is 0 Å². The maximum atomic E-state index is 3.99. The van der Waals surface area contributed by atoms with E-state index in [4.69, 9.17) is 0 Å². The monoisotopic (exact) mass is 149 g/mol. The third-order valence-corrected chi connectivity index (χ3v) is 1.95. The van der Waals surface area contributed by atoms with E-state index in [1.165, 1.54) is 11.1 Å². The fourth-order valence-electron chi connectivity index (χ4n) is 1.29. The maximum Gasteiger partial charge on any atom is 0.0362 e. The van der Waals surface area contributed by atoms with Crippen LogP contribution in [0.4, 0.5) is 0 Å². The quantitative estimate of drug-likeness (QED) is 0.554. The molecule has 11 heavy (non-hydrogen) atoms. The van der Waals surface area contributed by atoms with Gasteiger partial charge in [-0.3, -0.25) is 0 Å². The molecule has 60 valence electrons. The summed E-state index contributed by atoms with van der Waals surface area (Å²) < 4.78 is 0. The molecule has 1 aliphatic rings. The predicted octanol–water partition coefficient (Wildman–Crippen LogP) is 2.69. The molecule has 1 heterocycles. The Morgan fingerprint density at radius 1 is 1.45 bits per heavy atom. The van der Waals surface area contributed by atoms with Gasteiger partial charge < -0.3 is 4.90 Å². The number of rotatable bonds is 1. The summed E-state index contributed by atoms with van der Waals surface area (Å²) in [6, 6.07) is 0. The van der Waals surface area contributed by atoms with Gasteiger partial charge in [0.25, 0.3) is 0 Å². The highest BCUT2D eigenvalue weighted by Crippen LogP contribution is 2.20. The zero-order chi connectivity index (χ0) is 8.43. The van der Waals surface area contributed by atoms with Gasteiger partial charge >= 0.3 is 0 Å². The lowest BCUT2D eigenvalue weighted by molar-refractivity contribution is 0.493. The normalized spacial score (nSPS) is 18.1. The molecule has 0 saturated heterocycles. The summed E-state index contributed by atoms with van der Waals surface area (Å²) in [7, 11) is 0. The lowest BCUT2D eigenvalue weighted by Gasteiger charge is -2.25. The first-order valence-electron chi connectivity index (χ1n) is 3.97. The van der Waals surface area contributed by atoms with Crippen molar-refractivity contribution in [3.8, 4) is 0 Å². The molecular formula is C10H15N. The van der Waals surface area contributed by atoms with E-state index in [0.717, 1.165) is 12.2 Å². The van der Waals surface area contributed by atoms with Crippen LogP contribution in [0.1, 0.15) is 20.8 Å². The Morgan fingerprint density at radius 3 is 2.64 bits per heavy atom. The molecule has 1 rings (SSSR count). The highest BCUT2D eigenvalue weighted by molar-refractivity contribution is 5.38. The Hall–Kier alpha value is -0.980. The number of likely N-dealkylation sites (N-methyl/N-ethyl adjacent to an activating group) is 1. The van der Waals surface area contributed by atoms with E-state index in [1.807, 2.05) is 0 Å². The number of hydrogen-bond donors (Lipinski definition) is 0. The number of hydrogen-bond acceptors (Lipinski definition) is 1. The van der Waals surface area contributed by atoms with Crippen molar-refractivity contribution < 1.29 is 0 Å². The van der Waals surface area contributed by atoms with Crippen molar-refractivity contribution in [3.05, 3.63) is 35.7 Å². The van der Waals surface area contributed by atoms with Gasteiger partial charge in [-0.15, -0.1) is 0 Å². The number of allylic oxidation sites excluding steroid dienone is 3. The molecule has 0 aliphatic carbocycles. The van der Waals surface area contributed by atoms with Gasteiger partial charge in [0.05, 0.1) is 0 Å². The fourth-order valence-corrected chi connectivity index (χ4v) is 1.29. The van der Waals surface area contributed by atoms with Crippen LogP contribution < -0.4 is 0 Å². The van der Waals surface area contributed by atoms with Crippen molar-refractivity contribution in [2.45, 2.75) is 20.8 Å². The first-order chi connectivity index (χ1) is 5.15. The minimum atomic E-state index is 1.00. The van der Waals surface area contributed by atoms with E-state index in [0.29, 0.717) is 0 Å². The summed E-state index contributed by atoms with van der Waals surface area (Å²) in [5, 5.41) is 0. The van der Waals surface area contributed by atoms with Gasteiger partial charge in [-0.05, 0) is 31.9 Å². The van der Waals surface area contributed by atoms with Crippen LogP contribution in [0.5, 0.6) is 0 Å². The molecular weight excluding hydrogens is 134 g/mol. The van der Waals surface area contributed by atoms with Gasteiger partial charge in [0.15, 0.2) is 0 Å². The van der Waals surface area contributed by atoms with Crippen molar-refractivity contribution in [2.75, 3.05) is 6.54 Å². The van der Waals surface area contributed by atoms with Gasteiger partial charge in [-0.2, -0.15) is 0 Å². The van der Waals surface area contributed by atoms with Crippen LogP contribution in [0, 0.1) is 0 Å². The van der Waals surface area contributed by atoms with Gasteiger partial charge in [0, 0.05) is 18.4 Å². The largest absolute Gasteiger partial charge is 0.348 e. The molecule has 0 aromatic carbocycles. The standard InChI is InChI=1S/C10H15N/c1-5-11-7-8(2)6-9(3)10(11)4/h6-7H,4-5H2,1-3H3. The summed E-state index contributed by atoms with van der Waals surface area (Å²) >= 11 is 0. The molecule has 1 aliphatic heterocycles. The van der Waals surface area contributed by atoms with Gasteiger partial charge in [0.2, 0.25) is 0 Å². The summed E-state index contributed by atoms with van der Waals surface area (Å²) in [6.45, 7) is 11.3. The minimum absolute atomic E-state index is 1.00. The van der Waals surface area contributed by atoms with Crippen molar-refractivity contribution >= 4 is 0 Å². The Kier molecular flexibility index (Phi) is 2.18. The zero-order valence-electron chi connectivity index (χ0n) is 7.52. The number of nitrogens with zero attached hydrogens (tertiary/aromatic N) is 1. The predicted molar refractivity (Wildman–Crippen MR) is 49.0 cm³/mol. The Labute approximate surface area is 68.7 Å². The van der Waals surface area contributed by atoms with Crippen molar-refractivity contribution in [2.24, 2.45) is 0 Å².